The standard InChI is InChI=1S/C23H16N2O3S/c1-14-4-2-5-16(12-14)20-19(21(26)18-6-3-11-29-18)22(27)23(28)25(20)17-9-7-15(13-24)8-10-17/h2-12,20,27H,1H3. The third kappa shape index (κ3) is 3.22. The Bertz CT molecular complexity index is 1170. The zero-order chi connectivity index (χ0) is 20.5. The Morgan fingerprint density at radius 3 is 2.52 bits per heavy atom. The summed E-state index contributed by atoms with van der Waals surface area (Å²) < 4.78 is 0. The number of aryl methyl sites for hydroxylation is 1. The van der Waals surface area contributed by atoms with E-state index in [4.69, 9.17) is 5.26 Å². The summed E-state index contributed by atoms with van der Waals surface area (Å²) in [5.74, 6) is -1.55. The van der Waals surface area contributed by atoms with Gasteiger partial charge in [-0.3, -0.25) is 14.5 Å². The van der Waals surface area contributed by atoms with Gasteiger partial charge in [0, 0.05) is 5.69 Å². The van der Waals surface area contributed by atoms with Crippen LogP contribution < -0.4 is 4.90 Å². The summed E-state index contributed by atoms with van der Waals surface area (Å²) in [6.45, 7) is 1.93. The number of ketones is 1. The maximum atomic E-state index is 13.2. The second-order valence-electron chi connectivity index (χ2n) is 6.72. The number of aliphatic hydroxyl groups is 1. The highest BCUT2D eigenvalue weighted by Crippen LogP contribution is 2.42. The number of rotatable bonds is 4. The van der Waals surface area contributed by atoms with Gasteiger partial charge < -0.3 is 5.11 Å². The molecule has 5 nitrogen and oxygen atoms in total. The molecule has 1 N–H and O–H groups in total. The fourth-order valence-corrected chi connectivity index (χ4v) is 4.17. The lowest BCUT2D eigenvalue weighted by molar-refractivity contribution is -0.117. The summed E-state index contributed by atoms with van der Waals surface area (Å²) in [6, 6.07) is 18.7. The highest BCUT2D eigenvalue weighted by atomic mass is 32.1. The van der Waals surface area contributed by atoms with Crippen molar-refractivity contribution in [1.29, 1.82) is 5.26 Å². The van der Waals surface area contributed by atoms with E-state index in [1.165, 1.54) is 16.2 Å². The van der Waals surface area contributed by atoms with Crippen molar-refractivity contribution in [1.82, 2.24) is 0 Å². The molecule has 1 atom stereocenters. The van der Waals surface area contributed by atoms with Gasteiger partial charge >= 0.3 is 0 Å². The monoisotopic (exact) mass is 400 g/mol. The first kappa shape index (κ1) is 18.7. The van der Waals surface area contributed by atoms with E-state index >= 15 is 0 Å². The number of carbonyl (C=O) groups excluding carboxylic acids is 2. The molecule has 0 bridgehead atoms. The summed E-state index contributed by atoms with van der Waals surface area (Å²) in [5.41, 5.74) is 2.73. The lowest BCUT2D eigenvalue weighted by Gasteiger charge is -2.27. The summed E-state index contributed by atoms with van der Waals surface area (Å²) >= 11 is 1.26. The number of nitriles is 1. The van der Waals surface area contributed by atoms with Crippen molar-refractivity contribution in [2.24, 2.45) is 0 Å². The molecule has 0 spiro atoms. The van der Waals surface area contributed by atoms with Gasteiger partial charge in [0.15, 0.2) is 5.76 Å². The first-order valence-corrected chi connectivity index (χ1v) is 9.81. The molecule has 0 fully saturated rings. The van der Waals surface area contributed by atoms with Crippen LogP contribution in [0.2, 0.25) is 0 Å². The van der Waals surface area contributed by atoms with Crippen LogP contribution >= 0.6 is 11.3 Å². The van der Waals surface area contributed by atoms with Gasteiger partial charge in [0.1, 0.15) is 0 Å². The average molecular weight is 400 g/mol. The van der Waals surface area contributed by atoms with E-state index in [9.17, 15) is 14.7 Å². The number of aliphatic hydroxyl groups excluding tert-OH is 1. The largest absolute Gasteiger partial charge is 0.503 e. The highest BCUT2D eigenvalue weighted by molar-refractivity contribution is 7.12. The minimum absolute atomic E-state index is 0.0624. The van der Waals surface area contributed by atoms with E-state index in [0.29, 0.717) is 16.1 Å². The Kier molecular flexibility index (Phi) is 4.75. The molecule has 1 amide bonds. The first-order valence-electron chi connectivity index (χ1n) is 8.93. The third-order valence-corrected chi connectivity index (χ3v) is 5.70. The molecule has 1 aliphatic heterocycles. The van der Waals surface area contributed by atoms with E-state index in [0.717, 1.165) is 11.1 Å². The van der Waals surface area contributed by atoms with Crippen LogP contribution in [0.25, 0.3) is 0 Å². The van der Waals surface area contributed by atoms with E-state index in [1.807, 2.05) is 37.3 Å². The summed E-state index contributed by atoms with van der Waals surface area (Å²) in [6.07, 6.45) is 0. The number of hydrogen-bond acceptors (Lipinski definition) is 5. The molecule has 142 valence electrons. The zero-order valence-corrected chi connectivity index (χ0v) is 16.3. The van der Waals surface area contributed by atoms with Crippen molar-refractivity contribution in [3.63, 3.8) is 0 Å². The number of hydrogen-bond donors (Lipinski definition) is 1. The van der Waals surface area contributed by atoms with E-state index < -0.39 is 17.7 Å². The molecule has 0 radical (unpaired) electrons. The second-order valence-corrected chi connectivity index (χ2v) is 7.67. The maximum absolute atomic E-state index is 13.2. The van der Waals surface area contributed by atoms with Crippen LogP contribution in [0.1, 0.15) is 32.4 Å². The number of amides is 1. The fraction of sp³-hybridized carbons (Fsp3) is 0.0870. The number of carbonyl (C=O) groups is 2. The van der Waals surface area contributed by atoms with Crippen LogP contribution in [0.4, 0.5) is 5.69 Å². The predicted octanol–water partition coefficient (Wildman–Crippen LogP) is 4.71. The molecule has 0 saturated heterocycles. The molecule has 0 aliphatic carbocycles. The van der Waals surface area contributed by atoms with Gasteiger partial charge in [0.05, 0.1) is 28.1 Å². The molecule has 6 heteroatoms. The van der Waals surface area contributed by atoms with Crippen molar-refractivity contribution in [3.05, 3.63) is 98.9 Å². The predicted molar refractivity (Wildman–Crippen MR) is 111 cm³/mol. The van der Waals surface area contributed by atoms with Crippen LogP contribution in [0.15, 0.2) is 77.4 Å². The summed E-state index contributed by atoms with van der Waals surface area (Å²) in [5, 5.41) is 21.5. The van der Waals surface area contributed by atoms with Crippen molar-refractivity contribution < 1.29 is 14.7 Å². The van der Waals surface area contributed by atoms with E-state index in [2.05, 4.69) is 0 Å². The van der Waals surface area contributed by atoms with Crippen molar-refractivity contribution in [2.75, 3.05) is 4.90 Å². The molecular weight excluding hydrogens is 384 g/mol. The van der Waals surface area contributed by atoms with Crippen LogP contribution in [0.5, 0.6) is 0 Å². The average Bonchev–Trinajstić information content (AvgIpc) is 3.35. The molecule has 2 aromatic carbocycles. The molecule has 0 saturated carbocycles. The Morgan fingerprint density at radius 2 is 1.90 bits per heavy atom. The lowest BCUT2D eigenvalue weighted by Crippen LogP contribution is -2.31. The Balaban J connectivity index is 1.88. The number of nitrogens with zero attached hydrogens (tertiary/aromatic N) is 2. The van der Waals surface area contributed by atoms with E-state index in [1.54, 1.807) is 41.8 Å². The molecule has 1 aliphatic rings. The minimum Gasteiger partial charge on any atom is -0.503 e. The quantitative estimate of drug-likeness (QED) is 0.643. The van der Waals surface area contributed by atoms with Gasteiger partial charge in [-0.15, -0.1) is 11.3 Å². The number of anilines is 1. The van der Waals surface area contributed by atoms with Gasteiger partial charge in [0.25, 0.3) is 5.91 Å². The second kappa shape index (κ2) is 7.38. The summed E-state index contributed by atoms with van der Waals surface area (Å²) in [4.78, 5) is 28.1. The topological polar surface area (TPSA) is 81.4 Å². The van der Waals surface area contributed by atoms with Gasteiger partial charge in [-0.2, -0.15) is 5.26 Å². The molecular formula is C23H16N2O3S. The lowest BCUT2D eigenvalue weighted by atomic mass is 9.94. The van der Waals surface area contributed by atoms with Crippen LogP contribution in [0, 0.1) is 18.3 Å². The van der Waals surface area contributed by atoms with Gasteiger partial charge in [0.2, 0.25) is 5.78 Å². The number of Topliss-reactive ketones (excluding diaryl/α,β-unsaturated/α-hetero) is 1. The Morgan fingerprint density at radius 1 is 1.14 bits per heavy atom. The van der Waals surface area contributed by atoms with Crippen LogP contribution in [-0.4, -0.2) is 16.8 Å². The summed E-state index contributed by atoms with van der Waals surface area (Å²) in [7, 11) is 0. The van der Waals surface area contributed by atoms with Crippen molar-refractivity contribution >= 4 is 28.7 Å². The first-order chi connectivity index (χ1) is 14.0. The minimum atomic E-state index is -0.759. The molecule has 1 aromatic heterocycles. The third-order valence-electron chi connectivity index (χ3n) is 4.83. The smallest absolute Gasteiger partial charge is 0.294 e. The molecule has 4 rings (SSSR count). The van der Waals surface area contributed by atoms with Crippen LogP contribution in [0.3, 0.4) is 0 Å². The van der Waals surface area contributed by atoms with Gasteiger partial charge in [-0.1, -0.05) is 35.9 Å². The maximum Gasteiger partial charge on any atom is 0.294 e. The SMILES string of the molecule is Cc1cccc(C2C(C(=O)c3cccs3)=C(O)C(=O)N2c2ccc(C#N)cc2)c1. The van der Waals surface area contributed by atoms with Crippen molar-refractivity contribution in [3.8, 4) is 6.07 Å². The van der Waals surface area contributed by atoms with E-state index in [-0.39, 0.29) is 11.4 Å². The molecule has 2 heterocycles. The van der Waals surface area contributed by atoms with Crippen molar-refractivity contribution in [2.45, 2.75) is 13.0 Å². The normalized spacial score (nSPS) is 16.2. The fourth-order valence-electron chi connectivity index (χ4n) is 3.50. The highest BCUT2D eigenvalue weighted by Gasteiger charge is 2.44. The number of benzene rings is 2. The zero-order valence-electron chi connectivity index (χ0n) is 15.5. The Labute approximate surface area is 171 Å². The number of thiophene rings is 1. The molecule has 29 heavy (non-hydrogen) atoms. The van der Waals surface area contributed by atoms with Crippen LogP contribution in [-0.2, 0) is 4.79 Å². The molecule has 3 aromatic rings. The van der Waals surface area contributed by atoms with Gasteiger partial charge in [-0.05, 0) is 48.2 Å². The Hall–Kier alpha value is -3.69. The van der Waals surface area contributed by atoms with Gasteiger partial charge in [-0.25, -0.2) is 0 Å². The molecule has 1 unspecified atom stereocenters.